The Morgan fingerprint density at radius 3 is 2.89 bits per heavy atom. The number of pyridine rings is 1. The van der Waals surface area contributed by atoms with E-state index in [4.69, 9.17) is 0 Å². The summed E-state index contributed by atoms with van der Waals surface area (Å²) in [7, 11) is 0. The Kier molecular flexibility index (Phi) is 3.84. The SMILES string of the molecule is CCCCCC(C)n1nc(C)c2cc(O)cnc21. The Labute approximate surface area is 108 Å². The lowest BCUT2D eigenvalue weighted by atomic mass is 10.1. The van der Waals surface area contributed by atoms with Gasteiger partial charge in [0, 0.05) is 5.39 Å². The third-order valence-corrected chi connectivity index (χ3v) is 3.36. The molecule has 1 unspecified atom stereocenters. The molecule has 4 nitrogen and oxygen atoms in total. The van der Waals surface area contributed by atoms with Gasteiger partial charge in [-0.15, -0.1) is 0 Å². The van der Waals surface area contributed by atoms with Gasteiger partial charge in [-0.25, -0.2) is 9.67 Å². The fourth-order valence-corrected chi connectivity index (χ4v) is 2.28. The van der Waals surface area contributed by atoms with Crippen molar-refractivity contribution in [2.45, 2.75) is 52.5 Å². The summed E-state index contributed by atoms with van der Waals surface area (Å²) in [6.07, 6.45) is 6.32. The number of aromatic nitrogens is 3. The molecule has 2 aromatic heterocycles. The van der Waals surface area contributed by atoms with Crippen LogP contribution in [0.3, 0.4) is 0 Å². The van der Waals surface area contributed by atoms with E-state index in [-0.39, 0.29) is 5.75 Å². The van der Waals surface area contributed by atoms with Crippen LogP contribution in [0, 0.1) is 6.92 Å². The Bertz CT molecular complexity index is 533. The first-order chi connectivity index (χ1) is 8.63. The van der Waals surface area contributed by atoms with Gasteiger partial charge < -0.3 is 5.11 Å². The number of hydrogen-bond acceptors (Lipinski definition) is 3. The van der Waals surface area contributed by atoms with Crippen LogP contribution < -0.4 is 0 Å². The Hall–Kier alpha value is -1.58. The molecule has 1 N–H and O–H groups in total. The maximum absolute atomic E-state index is 9.48. The van der Waals surface area contributed by atoms with Crippen molar-refractivity contribution in [2.75, 3.05) is 0 Å². The largest absolute Gasteiger partial charge is 0.506 e. The number of aromatic hydroxyl groups is 1. The van der Waals surface area contributed by atoms with Crippen molar-refractivity contribution in [1.82, 2.24) is 14.8 Å². The van der Waals surface area contributed by atoms with Crippen molar-refractivity contribution in [3.63, 3.8) is 0 Å². The zero-order chi connectivity index (χ0) is 13.1. The topological polar surface area (TPSA) is 50.9 Å². The van der Waals surface area contributed by atoms with Crippen molar-refractivity contribution < 1.29 is 5.11 Å². The zero-order valence-corrected chi connectivity index (χ0v) is 11.3. The molecule has 0 fully saturated rings. The lowest BCUT2D eigenvalue weighted by molar-refractivity contribution is 0.445. The van der Waals surface area contributed by atoms with E-state index in [0.29, 0.717) is 6.04 Å². The average molecular weight is 247 g/mol. The van der Waals surface area contributed by atoms with Crippen molar-refractivity contribution in [1.29, 1.82) is 0 Å². The molecule has 0 aliphatic carbocycles. The predicted molar refractivity (Wildman–Crippen MR) is 72.8 cm³/mol. The van der Waals surface area contributed by atoms with E-state index >= 15 is 0 Å². The normalized spacial score (nSPS) is 13.1. The third-order valence-electron chi connectivity index (χ3n) is 3.36. The fourth-order valence-electron chi connectivity index (χ4n) is 2.28. The summed E-state index contributed by atoms with van der Waals surface area (Å²) < 4.78 is 1.99. The highest BCUT2D eigenvalue weighted by molar-refractivity contribution is 5.79. The minimum atomic E-state index is 0.198. The van der Waals surface area contributed by atoms with Gasteiger partial charge in [-0.1, -0.05) is 26.2 Å². The molecule has 2 aromatic rings. The third kappa shape index (κ3) is 2.47. The fraction of sp³-hybridized carbons (Fsp3) is 0.571. The quantitative estimate of drug-likeness (QED) is 0.821. The van der Waals surface area contributed by atoms with E-state index in [1.807, 2.05) is 11.6 Å². The van der Waals surface area contributed by atoms with Crippen LogP contribution in [-0.2, 0) is 0 Å². The second-order valence-corrected chi connectivity index (χ2v) is 4.94. The van der Waals surface area contributed by atoms with Gasteiger partial charge in [0.2, 0.25) is 0 Å². The smallest absolute Gasteiger partial charge is 0.158 e. The molecule has 2 heterocycles. The van der Waals surface area contributed by atoms with Gasteiger partial charge in [-0.05, 0) is 26.3 Å². The average Bonchev–Trinajstić information content (AvgIpc) is 2.67. The van der Waals surface area contributed by atoms with E-state index in [0.717, 1.165) is 23.1 Å². The Morgan fingerprint density at radius 1 is 1.39 bits per heavy atom. The van der Waals surface area contributed by atoms with Crippen LogP contribution in [0.15, 0.2) is 12.3 Å². The summed E-state index contributed by atoms with van der Waals surface area (Å²) in [5, 5.41) is 15.0. The summed E-state index contributed by atoms with van der Waals surface area (Å²) >= 11 is 0. The van der Waals surface area contributed by atoms with Crippen LogP contribution in [0.1, 0.15) is 51.3 Å². The van der Waals surface area contributed by atoms with Gasteiger partial charge in [-0.3, -0.25) is 0 Å². The van der Waals surface area contributed by atoms with E-state index < -0.39 is 0 Å². The second-order valence-electron chi connectivity index (χ2n) is 4.94. The highest BCUT2D eigenvalue weighted by atomic mass is 16.3. The van der Waals surface area contributed by atoms with Gasteiger partial charge in [0.15, 0.2) is 5.65 Å². The minimum Gasteiger partial charge on any atom is -0.506 e. The van der Waals surface area contributed by atoms with Gasteiger partial charge in [0.1, 0.15) is 5.75 Å². The molecule has 1 atom stereocenters. The first-order valence-corrected chi connectivity index (χ1v) is 6.67. The number of hydrogen-bond donors (Lipinski definition) is 1. The van der Waals surface area contributed by atoms with Crippen LogP contribution >= 0.6 is 0 Å². The molecular weight excluding hydrogens is 226 g/mol. The van der Waals surface area contributed by atoms with Gasteiger partial charge >= 0.3 is 0 Å². The lowest BCUT2D eigenvalue weighted by Crippen LogP contribution is -2.07. The molecular formula is C14H21N3O. The number of fused-ring (bicyclic) bond motifs is 1. The Morgan fingerprint density at radius 2 is 2.17 bits per heavy atom. The molecule has 0 radical (unpaired) electrons. The standard InChI is InChI=1S/C14H21N3O/c1-4-5-6-7-10(2)17-14-13(11(3)16-17)8-12(18)9-15-14/h8-10,18H,4-7H2,1-3H3. The molecule has 98 valence electrons. The molecule has 4 heteroatoms. The van der Waals surface area contributed by atoms with Crippen molar-refractivity contribution >= 4 is 11.0 Å². The first-order valence-electron chi connectivity index (χ1n) is 6.67. The van der Waals surface area contributed by atoms with E-state index in [1.54, 1.807) is 6.07 Å². The monoisotopic (exact) mass is 247 g/mol. The van der Waals surface area contributed by atoms with Crippen molar-refractivity contribution in [2.24, 2.45) is 0 Å². The summed E-state index contributed by atoms with van der Waals surface area (Å²) in [6.45, 7) is 6.34. The lowest BCUT2D eigenvalue weighted by Gasteiger charge is -2.12. The predicted octanol–water partition coefficient (Wildman–Crippen LogP) is 3.59. The Balaban J connectivity index is 2.28. The van der Waals surface area contributed by atoms with Crippen LogP contribution in [0.25, 0.3) is 11.0 Å². The highest BCUT2D eigenvalue weighted by Crippen LogP contribution is 2.25. The molecule has 18 heavy (non-hydrogen) atoms. The first kappa shape index (κ1) is 12.9. The van der Waals surface area contributed by atoms with Gasteiger partial charge in [0.25, 0.3) is 0 Å². The number of aryl methyl sites for hydroxylation is 1. The molecule has 0 saturated heterocycles. The summed E-state index contributed by atoms with van der Waals surface area (Å²) in [4.78, 5) is 4.30. The molecule has 2 rings (SSSR count). The van der Waals surface area contributed by atoms with Gasteiger partial charge in [0.05, 0.1) is 17.9 Å². The molecule has 0 amide bonds. The minimum absolute atomic E-state index is 0.198. The summed E-state index contributed by atoms with van der Waals surface area (Å²) in [5.74, 6) is 0.198. The highest BCUT2D eigenvalue weighted by Gasteiger charge is 2.14. The van der Waals surface area contributed by atoms with E-state index in [2.05, 4.69) is 23.9 Å². The van der Waals surface area contributed by atoms with Gasteiger partial charge in [-0.2, -0.15) is 5.10 Å². The molecule has 0 aliphatic rings. The van der Waals surface area contributed by atoms with E-state index in [1.165, 1.54) is 25.5 Å². The molecule has 0 spiro atoms. The number of unbranched alkanes of at least 4 members (excludes halogenated alkanes) is 2. The zero-order valence-electron chi connectivity index (χ0n) is 11.3. The van der Waals surface area contributed by atoms with Crippen LogP contribution in [0.5, 0.6) is 5.75 Å². The maximum Gasteiger partial charge on any atom is 0.158 e. The van der Waals surface area contributed by atoms with Crippen molar-refractivity contribution in [3.8, 4) is 5.75 Å². The van der Waals surface area contributed by atoms with E-state index in [9.17, 15) is 5.11 Å². The summed E-state index contributed by atoms with van der Waals surface area (Å²) in [5.41, 5.74) is 1.80. The van der Waals surface area contributed by atoms with Crippen LogP contribution in [0.4, 0.5) is 0 Å². The number of rotatable bonds is 5. The molecule has 0 saturated carbocycles. The summed E-state index contributed by atoms with van der Waals surface area (Å²) in [6, 6.07) is 2.09. The second kappa shape index (κ2) is 5.38. The van der Waals surface area contributed by atoms with Crippen molar-refractivity contribution in [3.05, 3.63) is 18.0 Å². The molecule has 0 aromatic carbocycles. The number of nitrogens with zero attached hydrogens (tertiary/aromatic N) is 3. The van der Waals surface area contributed by atoms with Crippen LogP contribution in [-0.4, -0.2) is 19.9 Å². The van der Waals surface area contributed by atoms with Crippen LogP contribution in [0.2, 0.25) is 0 Å². The molecule has 0 bridgehead atoms. The molecule has 0 aliphatic heterocycles. The maximum atomic E-state index is 9.48.